The highest BCUT2D eigenvalue weighted by Crippen LogP contribution is 2.29. The van der Waals surface area contributed by atoms with Crippen molar-refractivity contribution in [1.29, 1.82) is 0 Å². The first-order valence-electron chi connectivity index (χ1n) is 8.17. The average molecular weight is 307 g/mol. The van der Waals surface area contributed by atoms with Crippen LogP contribution < -0.4 is 0 Å². The van der Waals surface area contributed by atoms with Gasteiger partial charge < -0.3 is 9.69 Å². The second-order valence-electron chi connectivity index (χ2n) is 5.99. The first-order valence-corrected chi connectivity index (χ1v) is 8.17. The summed E-state index contributed by atoms with van der Waals surface area (Å²) in [5.74, 6) is -0.322. The standard InChI is InChI=1S/C20H21NO2/c22-15-18-13-7-8-14-21(18)20(23)19(16-9-3-1-4-10-16)17-11-5-2-6-12-17/h1-6,9-12,15,18-19H,7-8,13-14H2. The van der Waals surface area contributed by atoms with E-state index in [1.165, 1.54) is 0 Å². The third-order valence-corrected chi connectivity index (χ3v) is 4.50. The molecule has 0 radical (unpaired) electrons. The molecular weight excluding hydrogens is 286 g/mol. The van der Waals surface area contributed by atoms with Gasteiger partial charge in [0.2, 0.25) is 5.91 Å². The number of likely N-dealkylation sites (tertiary alicyclic amines) is 1. The van der Waals surface area contributed by atoms with Gasteiger partial charge in [0.25, 0.3) is 0 Å². The van der Waals surface area contributed by atoms with Gasteiger partial charge in [0.05, 0.1) is 12.0 Å². The summed E-state index contributed by atoms with van der Waals surface area (Å²) in [6, 6.07) is 19.3. The summed E-state index contributed by atoms with van der Waals surface area (Å²) in [5.41, 5.74) is 1.94. The molecule has 1 atom stereocenters. The second kappa shape index (κ2) is 7.23. The van der Waals surface area contributed by atoms with Crippen LogP contribution in [0.1, 0.15) is 36.3 Å². The Kier molecular flexibility index (Phi) is 4.86. The first kappa shape index (κ1) is 15.5. The Morgan fingerprint density at radius 2 is 1.52 bits per heavy atom. The van der Waals surface area contributed by atoms with Crippen LogP contribution in [0, 0.1) is 0 Å². The van der Waals surface area contributed by atoms with Crippen molar-refractivity contribution in [2.45, 2.75) is 31.2 Å². The van der Waals surface area contributed by atoms with Crippen LogP contribution >= 0.6 is 0 Å². The quantitative estimate of drug-likeness (QED) is 0.812. The molecule has 0 spiro atoms. The largest absolute Gasteiger partial charge is 0.332 e. The van der Waals surface area contributed by atoms with Crippen LogP contribution in [-0.2, 0) is 9.59 Å². The molecule has 1 fully saturated rings. The zero-order chi connectivity index (χ0) is 16.1. The zero-order valence-electron chi connectivity index (χ0n) is 13.1. The van der Waals surface area contributed by atoms with E-state index in [1.807, 2.05) is 60.7 Å². The fourth-order valence-electron chi connectivity index (χ4n) is 3.31. The molecule has 1 amide bonds. The van der Waals surface area contributed by atoms with Gasteiger partial charge in [0.15, 0.2) is 0 Å². The molecule has 1 aliphatic heterocycles. The minimum atomic E-state index is -0.349. The molecule has 3 heteroatoms. The summed E-state index contributed by atoms with van der Waals surface area (Å²) >= 11 is 0. The number of amides is 1. The molecule has 0 saturated carbocycles. The van der Waals surface area contributed by atoms with Crippen molar-refractivity contribution in [2.24, 2.45) is 0 Å². The van der Waals surface area contributed by atoms with Gasteiger partial charge in [-0.3, -0.25) is 4.79 Å². The van der Waals surface area contributed by atoms with Crippen molar-refractivity contribution >= 4 is 12.2 Å². The van der Waals surface area contributed by atoms with E-state index in [2.05, 4.69) is 0 Å². The van der Waals surface area contributed by atoms with E-state index in [0.717, 1.165) is 36.7 Å². The lowest BCUT2D eigenvalue weighted by atomic mass is 9.88. The number of piperidine rings is 1. The van der Waals surface area contributed by atoms with Crippen LogP contribution in [0.25, 0.3) is 0 Å². The van der Waals surface area contributed by atoms with Gasteiger partial charge >= 0.3 is 0 Å². The predicted molar refractivity (Wildman–Crippen MR) is 90.1 cm³/mol. The molecule has 0 N–H and O–H groups in total. The Balaban J connectivity index is 1.98. The van der Waals surface area contributed by atoms with Crippen molar-refractivity contribution in [3.63, 3.8) is 0 Å². The van der Waals surface area contributed by atoms with Gasteiger partial charge in [-0.2, -0.15) is 0 Å². The normalized spacial score (nSPS) is 18.0. The maximum atomic E-state index is 13.2. The van der Waals surface area contributed by atoms with Crippen molar-refractivity contribution in [1.82, 2.24) is 4.90 Å². The molecular formula is C20H21NO2. The SMILES string of the molecule is O=CC1CCCCN1C(=O)C(c1ccccc1)c1ccccc1. The molecule has 1 aliphatic rings. The van der Waals surface area contributed by atoms with Crippen molar-refractivity contribution in [3.05, 3.63) is 71.8 Å². The lowest BCUT2D eigenvalue weighted by Crippen LogP contribution is -2.46. The average Bonchev–Trinajstić information content (AvgIpc) is 2.63. The molecule has 1 heterocycles. The van der Waals surface area contributed by atoms with E-state index in [9.17, 15) is 9.59 Å². The monoisotopic (exact) mass is 307 g/mol. The van der Waals surface area contributed by atoms with E-state index in [4.69, 9.17) is 0 Å². The lowest BCUT2D eigenvalue weighted by Gasteiger charge is -2.35. The third kappa shape index (κ3) is 3.34. The number of nitrogens with zero attached hydrogens (tertiary/aromatic N) is 1. The van der Waals surface area contributed by atoms with Crippen molar-refractivity contribution < 1.29 is 9.59 Å². The van der Waals surface area contributed by atoms with Gasteiger partial charge in [-0.15, -0.1) is 0 Å². The number of hydrogen-bond donors (Lipinski definition) is 0. The summed E-state index contributed by atoms with van der Waals surface area (Å²) in [5, 5.41) is 0. The Morgan fingerprint density at radius 3 is 2.04 bits per heavy atom. The summed E-state index contributed by atoms with van der Waals surface area (Å²) in [6.07, 6.45) is 3.66. The van der Waals surface area contributed by atoms with Crippen LogP contribution in [-0.4, -0.2) is 29.7 Å². The zero-order valence-corrected chi connectivity index (χ0v) is 13.1. The lowest BCUT2D eigenvalue weighted by molar-refractivity contribution is -0.138. The molecule has 3 nitrogen and oxygen atoms in total. The molecule has 23 heavy (non-hydrogen) atoms. The molecule has 3 rings (SSSR count). The van der Waals surface area contributed by atoms with Crippen molar-refractivity contribution in [2.75, 3.05) is 6.54 Å². The highest BCUT2D eigenvalue weighted by molar-refractivity contribution is 5.89. The van der Waals surface area contributed by atoms with Gasteiger partial charge in [-0.1, -0.05) is 60.7 Å². The second-order valence-corrected chi connectivity index (χ2v) is 5.99. The molecule has 1 unspecified atom stereocenters. The van der Waals surface area contributed by atoms with E-state index in [1.54, 1.807) is 4.90 Å². The summed E-state index contributed by atoms with van der Waals surface area (Å²) < 4.78 is 0. The van der Waals surface area contributed by atoms with Gasteiger partial charge in [0.1, 0.15) is 6.29 Å². The maximum Gasteiger partial charge on any atom is 0.235 e. The van der Waals surface area contributed by atoms with Gasteiger partial charge in [-0.25, -0.2) is 0 Å². The van der Waals surface area contributed by atoms with Crippen LogP contribution in [0.3, 0.4) is 0 Å². The molecule has 118 valence electrons. The molecule has 0 aliphatic carbocycles. The Labute approximate surface area is 136 Å². The van der Waals surface area contributed by atoms with Gasteiger partial charge in [-0.05, 0) is 30.4 Å². The fourth-order valence-corrected chi connectivity index (χ4v) is 3.31. The third-order valence-electron chi connectivity index (χ3n) is 4.50. The highest BCUT2D eigenvalue weighted by atomic mass is 16.2. The maximum absolute atomic E-state index is 13.2. The van der Waals surface area contributed by atoms with E-state index in [-0.39, 0.29) is 17.9 Å². The Morgan fingerprint density at radius 1 is 0.957 bits per heavy atom. The summed E-state index contributed by atoms with van der Waals surface area (Å²) in [7, 11) is 0. The molecule has 2 aromatic rings. The molecule has 2 aromatic carbocycles. The number of rotatable bonds is 4. The van der Waals surface area contributed by atoms with Crippen molar-refractivity contribution in [3.8, 4) is 0 Å². The van der Waals surface area contributed by atoms with E-state index < -0.39 is 0 Å². The molecule has 0 bridgehead atoms. The number of benzene rings is 2. The number of aldehydes is 1. The van der Waals surface area contributed by atoms with Crippen LogP contribution in [0.4, 0.5) is 0 Å². The smallest absolute Gasteiger partial charge is 0.235 e. The number of carbonyl (C=O) groups is 2. The minimum absolute atomic E-state index is 0.0270. The van der Waals surface area contributed by atoms with E-state index in [0.29, 0.717) is 6.54 Å². The van der Waals surface area contributed by atoms with Crippen LogP contribution in [0.5, 0.6) is 0 Å². The number of hydrogen-bond acceptors (Lipinski definition) is 2. The minimum Gasteiger partial charge on any atom is -0.332 e. The van der Waals surface area contributed by atoms with Crippen LogP contribution in [0.15, 0.2) is 60.7 Å². The topological polar surface area (TPSA) is 37.4 Å². The highest BCUT2D eigenvalue weighted by Gasteiger charge is 2.32. The van der Waals surface area contributed by atoms with E-state index >= 15 is 0 Å². The van der Waals surface area contributed by atoms with Gasteiger partial charge in [0, 0.05) is 6.54 Å². The number of carbonyl (C=O) groups excluding carboxylic acids is 2. The first-order chi connectivity index (χ1) is 11.3. The Hall–Kier alpha value is -2.42. The van der Waals surface area contributed by atoms with Crippen LogP contribution in [0.2, 0.25) is 0 Å². The Bertz CT molecular complexity index is 614. The molecule has 0 aromatic heterocycles. The molecule has 1 saturated heterocycles. The fraction of sp³-hybridized carbons (Fsp3) is 0.300. The predicted octanol–water partition coefficient (Wildman–Crippen LogP) is 3.40. The summed E-state index contributed by atoms with van der Waals surface area (Å²) in [4.78, 5) is 26.4. The summed E-state index contributed by atoms with van der Waals surface area (Å²) in [6.45, 7) is 0.665.